The number of alkyl halides is 6. The van der Waals surface area contributed by atoms with Crippen molar-refractivity contribution in [3.63, 3.8) is 0 Å². The van der Waals surface area contributed by atoms with E-state index < -0.39 is 35.1 Å². The minimum atomic E-state index is -4.87. The molecule has 124 valence electrons. The zero-order chi connectivity index (χ0) is 17.1. The summed E-state index contributed by atoms with van der Waals surface area (Å²) in [6.45, 7) is 0. The van der Waals surface area contributed by atoms with Gasteiger partial charge in [-0.25, -0.2) is 0 Å². The van der Waals surface area contributed by atoms with Crippen molar-refractivity contribution in [1.82, 2.24) is 5.32 Å². The highest BCUT2D eigenvalue weighted by Crippen LogP contribution is 2.38. The molecule has 1 rings (SSSR count). The van der Waals surface area contributed by atoms with Crippen molar-refractivity contribution in [2.24, 2.45) is 0 Å². The first-order valence-electron chi connectivity index (χ1n) is 5.42. The van der Waals surface area contributed by atoms with E-state index in [0.717, 1.165) is 18.2 Å². The number of halogens is 8. The fourth-order valence-corrected chi connectivity index (χ4v) is 2.57. The van der Waals surface area contributed by atoms with Crippen LogP contribution < -0.4 is 5.32 Å². The van der Waals surface area contributed by atoms with Gasteiger partial charge in [-0.2, -0.15) is 26.3 Å². The summed E-state index contributed by atoms with van der Waals surface area (Å²) < 4.78 is 75.2. The lowest BCUT2D eigenvalue weighted by Crippen LogP contribution is -2.35. The molecule has 1 amide bonds. The number of benzene rings is 1. The van der Waals surface area contributed by atoms with Crippen LogP contribution in [0.15, 0.2) is 23.1 Å². The number of hydrogen-bond donors (Lipinski definition) is 1. The Kier molecular flexibility index (Phi) is 6.28. The van der Waals surface area contributed by atoms with E-state index >= 15 is 0 Å². The van der Waals surface area contributed by atoms with Crippen molar-refractivity contribution in [1.29, 1.82) is 0 Å². The summed E-state index contributed by atoms with van der Waals surface area (Å²) in [5, 5.41) is -0.0893. The molecule has 1 aromatic rings. The number of thioether (sulfide) groups is 1. The van der Waals surface area contributed by atoms with E-state index in [1.807, 2.05) is 0 Å². The Labute approximate surface area is 135 Å². The van der Waals surface area contributed by atoms with Crippen LogP contribution in [0.1, 0.15) is 11.6 Å². The molecule has 1 aromatic carbocycles. The predicted molar refractivity (Wildman–Crippen MR) is 71.4 cm³/mol. The Balaban J connectivity index is 3.10. The Morgan fingerprint density at radius 3 is 2.27 bits per heavy atom. The summed E-state index contributed by atoms with van der Waals surface area (Å²) >= 11 is 10.8. The molecule has 2 nitrogen and oxygen atoms in total. The van der Waals surface area contributed by atoms with Gasteiger partial charge in [-0.05, 0) is 29.3 Å². The summed E-state index contributed by atoms with van der Waals surface area (Å²) in [4.78, 5) is 10.5. The topological polar surface area (TPSA) is 29.1 Å². The van der Waals surface area contributed by atoms with Gasteiger partial charge in [0.15, 0.2) is 6.04 Å². The number of carbonyl (C=O) groups is 1. The van der Waals surface area contributed by atoms with Crippen LogP contribution in [0.2, 0.25) is 5.02 Å². The molecular formula is C11H7Cl2F6NOS. The Hall–Kier alpha value is -0.800. The fraction of sp³-hybridized carbons (Fsp3) is 0.364. The van der Waals surface area contributed by atoms with Crippen LogP contribution in [0.5, 0.6) is 0 Å². The van der Waals surface area contributed by atoms with Crippen molar-refractivity contribution >= 4 is 40.3 Å². The SMILES string of the molecule is O=C(Cl)NC(c1ccc(Cl)c(SCC(F)(F)F)c1)C(F)(F)F. The summed E-state index contributed by atoms with van der Waals surface area (Å²) in [6.07, 6.45) is -9.37. The highest BCUT2D eigenvalue weighted by atomic mass is 35.5. The van der Waals surface area contributed by atoms with Gasteiger partial charge in [0.2, 0.25) is 0 Å². The lowest BCUT2D eigenvalue weighted by atomic mass is 10.1. The first-order chi connectivity index (χ1) is 9.90. The summed E-state index contributed by atoms with van der Waals surface area (Å²) in [6, 6.07) is 0.365. The Morgan fingerprint density at radius 2 is 1.82 bits per heavy atom. The third-order valence-electron chi connectivity index (χ3n) is 2.27. The third kappa shape index (κ3) is 6.13. The average molecular weight is 386 g/mol. The number of nitrogens with one attached hydrogen (secondary N) is 1. The normalized spacial score (nSPS) is 13.8. The molecule has 0 spiro atoms. The molecule has 0 saturated heterocycles. The van der Waals surface area contributed by atoms with Gasteiger partial charge in [-0.1, -0.05) is 17.7 Å². The van der Waals surface area contributed by atoms with E-state index in [4.69, 9.17) is 23.2 Å². The molecule has 1 N–H and O–H groups in total. The van der Waals surface area contributed by atoms with Gasteiger partial charge >= 0.3 is 17.7 Å². The van der Waals surface area contributed by atoms with Gasteiger partial charge in [-0.15, -0.1) is 11.8 Å². The Morgan fingerprint density at radius 1 is 1.23 bits per heavy atom. The first-order valence-corrected chi connectivity index (χ1v) is 7.16. The molecular weight excluding hydrogens is 379 g/mol. The van der Waals surface area contributed by atoms with Gasteiger partial charge in [0.1, 0.15) is 0 Å². The largest absolute Gasteiger partial charge is 0.412 e. The fourth-order valence-electron chi connectivity index (χ4n) is 1.44. The van der Waals surface area contributed by atoms with E-state index in [0.29, 0.717) is 0 Å². The van der Waals surface area contributed by atoms with Gasteiger partial charge in [-0.3, -0.25) is 4.79 Å². The molecule has 0 aliphatic rings. The zero-order valence-corrected chi connectivity index (χ0v) is 12.7. The molecule has 0 heterocycles. The highest BCUT2D eigenvalue weighted by molar-refractivity contribution is 7.99. The van der Waals surface area contributed by atoms with Crippen LogP contribution in [0.25, 0.3) is 0 Å². The smallest absolute Gasteiger partial charge is 0.327 e. The molecule has 11 heteroatoms. The van der Waals surface area contributed by atoms with E-state index in [1.165, 1.54) is 5.32 Å². The maximum atomic E-state index is 12.9. The lowest BCUT2D eigenvalue weighted by Gasteiger charge is -2.21. The van der Waals surface area contributed by atoms with Crippen LogP contribution in [0.4, 0.5) is 31.1 Å². The van der Waals surface area contributed by atoms with Crippen molar-refractivity contribution < 1.29 is 31.1 Å². The molecule has 0 aromatic heterocycles. The molecule has 22 heavy (non-hydrogen) atoms. The van der Waals surface area contributed by atoms with Crippen LogP contribution in [0.3, 0.4) is 0 Å². The van der Waals surface area contributed by atoms with Gasteiger partial charge in [0.25, 0.3) is 0 Å². The van der Waals surface area contributed by atoms with Crippen LogP contribution >= 0.6 is 35.0 Å². The van der Waals surface area contributed by atoms with Gasteiger partial charge in [0.05, 0.1) is 10.8 Å². The molecule has 0 bridgehead atoms. The second-order valence-corrected chi connectivity index (χ2v) is 5.75. The molecule has 0 aliphatic heterocycles. The van der Waals surface area contributed by atoms with Gasteiger partial charge < -0.3 is 5.32 Å². The lowest BCUT2D eigenvalue weighted by molar-refractivity contribution is -0.154. The summed E-state index contributed by atoms with van der Waals surface area (Å²) in [5.41, 5.74) is -0.476. The van der Waals surface area contributed by atoms with E-state index in [1.54, 1.807) is 0 Å². The zero-order valence-electron chi connectivity index (χ0n) is 10.4. The second kappa shape index (κ2) is 7.18. The minimum Gasteiger partial charge on any atom is -0.327 e. The Bertz CT molecular complexity index is 548. The van der Waals surface area contributed by atoms with Gasteiger partial charge in [0, 0.05) is 4.90 Å². The molecule has 0 radical (unpaired) electrons. The van der Waals surface area contributed by atoms with Crippen molar-refractivity contribution in [2.75, 3.05) is 5.75 Å². The first kappa shape index (κ1) is 19.2. The third-order valence-corrected chi connectivity index (χ3v) is 3.94. The van der Waals surface area contributed by atoms with Crippen LogP contribution in [-0.4, -0.2) is 23.5 Å². The average Bonchev–Trinajstić information content (AvgIpc) is 2.32. The molecule has 1 atom stereocenters. The van der Waals surface area contributed by atoms with E-state index in [-0.39, 0.29) is 21.7 Å². The van der Waals surface area contributed by atoms with Crippen molar-refractivity contribution in [2.45, 2.75) is 23.3 Å². The minimum absolute atomic E-state index is 0.129. The molecule has 0 fully saturated rings. The maximum absolute atomic E-state index is 12.9. The van der Waals surface area contributed by atoms with E-state index in [9.17, 15) is 31.1 Å². The second-order valence-electron chi connectivity index (χ2n) is 3.99. The van der Waals surface area contributed by atoms with Crippen LogP contribution in [-0.2, 0) is 0 Å². The number of hydrogen-bond acceptors (Lipinski definition) is 2. The standard InChI is InChI=1S/C11H7Cl2F6NOS/c12-6-2-1-5(3-7(6)22-4-10(14,15)16)8(11(17,18)19)20-9(13)21/h1-3,8H,4H2,(H,20,21). The predicted octanol–water partition coefficient (Wildman–Crippen LogP) is 5.55. The summed E-state index contributed by atoms with van der Waals surface area (Å²) in [5.74, 6) is -1.31. The molecule has 0 saturated carbocycles. The number of carbonyl (C=O) groups excluding carboxylic acids is 1. The monoisotopic (exact) mass is 385 g/mol. The van der Waals surface area contributed by atoms with Crippen LogP contribution in [0, 0.1) is 0 Å². The van der Waals surface area contributed by atoms with Crippen molar-refractivity contribution in [3.8, 4) is 0 Å². The van der Waals surface area contributed by atoms with E-state index in [2.05, 4.69) is 0 Å². The quantitative estimate of drug-likeness (QED) is 0.318. The number of rotatable bonds is 4. The summed E-state index contributed by atoms with van der Waals surface area (Å²) in [7, 11) is 0. The molecule has 1 unspecified atom stereocenters. The van der Waals surface area contributed by atoms with Crippen molar-refractivity contribution in [3.05, 3.63) is 28.8 Å². The molecule has 0 aliphatic carbocycles. The number of amides is 1. The highest BCUT2D eigenvalue weighted by Gasteiger charge is 2.42. The maximum Gasteiger partial charge on any atom is 0.412 e.